The maximum Gasteiger partial charge on any atom is 0.358 e. The Bertz CT molecular complexity index is 1090. The monoisotopic (exact) mass is 392 g/mol. The summed E-state index contributed by atoms with van der Waals surface area (Å²) in [7, 11) is -4.17. The highest BCUT2D eigenvalue weighted by Gasteiger charge is 2.23. The molecule has 0 bridgehead atoms. The molecule has 0 aliphatic carbocycles. The fourth-order valence-corrected chi connectivity index (χ4v) is 3.00. The van der Waals surface area contributed by atoms with Crippen molar-refractivity contribution in [2.24, 2.45) is 5.16 Å². The maximum atomic E-state index is 12.2. The Balaban J connectivity index is 2.00. The van der Waals surface area contributed by atoms with Gasteiger partial charge in [0.05, 0.1) is 0 Å². The summed E-state index contributed by atoms with van der Waals surface area (Å²) in [5, 5.41) is 3.95. The van der Waals surface area contributed by atoms with Gasteiger partial charge in [-0.2, -0.15) is 8.42 Å². The first-order valence-electron chi connectivity index (χ1n) is 7.57. The molecule has 2 aromatic carbocycles. The number of benzene rings is 2. The van der Waals surface area contributed by atoms with Crippen molar-refractivity contribution in [2.75, 3.05) is 0 Å². The summed E-state index contributed by atoms with van der Waals surface area (Å²) in [5.74, 6) is -0.622. The van der Waals surface area contributed by atoms with Crippen molar-refractivity contribution in [3.8, 4) is 0 Å². The van der Waals surface area contributed by atoms with E-state index in [2.05, 4.69) is 14.4 Å². The first-order valence-corrected chi connectivity index (χ1v) is 9.35. The minimum Gasteiger partial charge on any atom is -0.434 e. The van der Waals surface area contributed by atoms with Crippen molar-refractivity contribution in [1.82, 2.24) is 4.98 Å². The number of hydrogen-bond acceptors (Lipinski definition) is 7. The number of nitrogens with zero attached hydrogens (tertiary/aromatic N) is 2. The molecule has 0 N–H and O–H groups in total. The number of ketones is 1. The van der Waals surface area contributed by atoms with E-state index in [1.54, 1.807) is 37.3 Å². The molecular weight excluding hydrogens is 380 g/mol. The van der Waals surface area contributed by atoms with E-state index in [9.17, 15) is 13.2 Å². The molecule has 0 radical (unpaired) electrons. The summed E-state index contributed by atoms with van der Waals surface area (Å²) in [5.41, 5.74) is 0.473. The third-order valence-electron chi connectivity index (χ3n) is 3.40. The van der Waals surface area contributed by atoms with Crippen LogP contribution in [0, 0.1) is 0 Å². The molecule has 134 valence electrons. The molecule has 0 saturated heterocycles. The highest BCUT2D eigenvalue weighted by molar-refractivity contribution is 7.86. The molecular formula is C17H13ClN2O5S. The van der Waals surface area contributed by atoms with Crippen molar-refractivity contribution in [3.05, 3.63) is 59.4 Å². The van der Waals surface area contributed by atoms with Gasteiger partial charge in [-0.05, 0) is 24.3 Å². The number of rotatable bonds is 6. The molecule has 0 aliphatic heterocycles. The molecule has 9 heteroatoms. The normalized spacial score (nSPS) is 12.3. The van der Waals surface area contributed by atoms with E-state index < -0.39 is 15.9 Å². The van der Waals surface area contributed by atoms with Gasteiger partial charge in [-0.3, -0.25) is 9.08 Å². The van der Waals surface area contributed by atoms with Crippen molar-refractivity contribution in [3.63, 3.8) is 0 Å². The summed E-state index contributed by atoms with van der Waals surface area (Å²) in [6.45, 7) is 1.60. The summed E-state index contributed by atoms with van der Waals surface area (Å²) < 4.78 is 34.5. The minimum absolute atomic E-state index is 0.0626. The Kier molecular flexibility index (Phi) is 5.06. The summed E-state index contributed by atoms with van der Waals surface area (Å²) >= 11 is 5.90. The number of oxazole rings is 1. The first kappa shape index (κ1) is 18.1. The van der Waals surface area contributed by atoms with Crippen molar-refractivity contribution in [2.45, 2.75) is 18.2 Å². The lowest BCUT2D eigenvalue weighted by molar-refractivity contribution is -0.112. The largest absolute Gasteiger partial charge is 0.434 e. The lowest BCUT2D eigenvalue weighted by Crippen LogP contribution is -2.16. The van der Waals surface area contributed by atoms with Crippen LogP contribution in [0.25, 0.3) is 11.1 Å². The molecule has 0 fully saturated rings. The average Bonchev–Trinajstić information content (AvgIpc) is 3.05. The zero-order valence-corrected chi connectivity index (χ0v) is 15.1. The smallest absolute Gasteiger partial charge is 0.358 e. The number of carbonyl (C=O) groups excluding carboxylic acids is 1. The van der Waals surface area contributed by atoms with Gasteiger partial charge in [0.1, 0.15) is 10.4 Å². The third-order valence-corrected chi connectivity index (χ3v) is 4.75. The number of aromatic nitrogens is 1. The predicted octanol–water partition coefficient (Wildman–Crippen LogP) is 3.57. The molecule has 0 spiro atoms. The van der Waals surface area contributed by atoms with E-state index in [0.717, 1.165) is 0 Å². The Morgan fingerprint density at radius 1 is 1.23 bits per heavy atom. The van der Waals surface area contributed by atoms with E-state index >= 15 is 0 Å². The van der Waals surface area contributed by atoms with Crippen LogP contribution in [0.15, 0.2) is 63.0 Å². The van der Waals surface area contributed by atoms with Crippen LogP contribution in [0.2, 0.25) is 5.02 Å². The quantitative estimate of drug-likeness (QED) is 0.469. The van der Waals surface area contributed by atoms with Gasteiger partial charge in [0, 0.05) is 17.5 Å². The number of fused-ring (bicyclic) bond motifs is 1. The zero-order valence-electron chi connectivity index (χ0n) is 13.5. The molecule has 0 amide bonds. The van der Waals surface area contributed by atoms with E-state index in [0.29, 0.717) is 16.1 Å². The predicted molar refractivity (Wildman–Crippen MR) is 95.6 cm³/mol. The average molecular weight is 393 g/mol. The summed E-state index contributed by atoms with van der Waals surface area (Å²) in [6, 6.07) is 12.2. The first-order chi connectivity index (χ1) is 12.4. The highest BCUT2D eigenvalue weighted by Crippen LogP contribution is 2.21. The number of hydrogen-bond donors (Lipinski definition) is 0. The molecule has 0 aliphatic rings. The maximum absolute atomic E-state index is 12.2. The van der Waals surface area contributed by atoms with Crippen molar-refractivity contribution < 1.29 is 21.9 Å². The van der Waals surface area contributed by atoms with Gasteiger partial charge >= 0.3 is 10.1 Å². The van der Waals surface area contributed by atoms with Crippen LogP contribution in [0.5, 0.6) is 0 Å². The number of oxime groups is 1. The second-order valence-corrected chi connectivity index (χ2v) is 7.15. The van der Waals surface area contributed by atoms with Crippen molar-refractivity contribution in [1.29, 1.82) is 0 Å². The van der Waals surface area contributed by atoms with Gasteiger partial charge in [-0.15, -0.1) is 0 Å². The van der Waals surface area contributed by atoms with Gasteiger partial charge in [0.2, 0.25) is 5.71 Å². The molecule has 1 aromatic heterocycles. The molecule has 1 heterocycles. The molecule has 0 unspecified atom stereocenters. The van der Waals surface area contributed by atoms with Crippen LogP contribution in [0.3, 0.4) is 0 Å². The SMILES string of the molecule is CCC(=O)C(=NOS(=O)(=O)c1ccccc1)c1nc2ccc(Cl)cc2o1. The van der Waals surface area contributed by atoms with Crippen LogP contribution in [0.1, 0.15) is 19.2 Å². The van der Waals surface area contributed by atoms with E-state index in [1.165, 1.54) is 18.2 Å². The lowest BCUT2D eigenvalue weighted by Gasteiger charge is -2.03. The fourth-order valence-electron chi connectivity index (χ4n) is 2.09. The number of halogens is 1. The molecule has 0 saturated carbocycles. The van der Waals surface area contributed by atoms with E-state index in [1.807, 2.05) is 0 Å². The Labute approximate surface area is 154 Å². The Morgan fingerprint density at radius 2 is 1.96 bits per heavy atom. The fraction of sp³-hybridized carbons (Fsp3) is 0.118. The molecule has 3 rings (SSSR count). The molecule has 7 nitrogen and oxygen atoms in total. The molecule has 3 aromatic rings. The topological polar surface area (TPSA) is 98.8 Å². The van der Waals surface area contributed by atoms with Gasteiger partial charge in [0.15, 0.2) is 11.4 Å². The van der Waals surface area contributed by atoms with Gasteiger partial charge in [0.25, 0.3) is 5.89 Å². The summed E-state index contributed by atoms with van der Waals surface area (Å²) in [4.78, 5) is 16.2. The number of carbonyl (C=O) groups is 1. The van der Waals surface area contributed by atoms with Gasteiger partial charge < -0.3 is 4.42 Å². The summed E-state index contributed by atoms with van der Waals surface area (Å²) in [6.07, 6.45) is 0.0626. The van der Waals surface area contributed by atoms with Crippen LogP contribution in [-0.4, -0.2) is 24.9 Å². The van der Waals surface area contributed by atoms with E-state index in [4.69, 9.17) is 16.0 Å². The van der Waals surface area contributed by atoms with E-state index in [-0.39, 0.29) is 22.9 Å². The second kappa shape index (κ2) is 7.27. The molecule has 0 atom stereocenters. The van der Waals surface area contributed by atoms with Crippen molar-refractivity contribution >= 4 is 44.3 Å². The number of Topliss-reactive ketones (excluding diaryl/α,β-unsaturated/α-hetero) is 1. The zero-order chi connectivity index (χ0) is 18.7. The van der Waals surface area contributed by atoms with Crippen LogP contribution in [0.4, 0.5) is 0 Å². The molecule has 26 heavy (non-hydrogen) atoms. The van der Waals surface area contributed by atoms with Gasteiger partial charge in [-0.1, -0.05) is 41.9 Å². The van der Waals surface area contributed by atoms with Crippen LogP contribution < -0.4 is 0 Å². The lowest BCUT2D eigenvalue weighted by atomic mass is 10.2. The van der Waals surface area contributed by atoms with Crippen LogP contribution >= 0.6 is 11.6 Å². The minimum atomic E-state index is -4.17. The Hall–Kier alpha value is -2.71. The van der Waals surface area contributed by atoms with Crippen LogP contribution in [-0.2, 0) is 19.2 Å². The second-order valence-electron chi connectivity index (χ2n) is 5.19. The standard InChI is InChI=1S/C17H13ClN2O5S/c1-2-14(21)16(17-19-13-9-8-11(18)10-15(13)24-17)20-25-26(22,23)12-6-4-3-5-7-12/h3-10H,2H2,1H3. The van der Waals surface area contributed by atoms with Gasteiger partial charge in [-0.25, -0.2) is 4.98 Å². The third kappa shape index (κ3) is 3.76. The Morgan fingerprint density at radius 3 is 2.65 bits per heavy atom. The highest BCUT2D eigenvalue weighted by atomic mass is 35.5.